The van der Waals surface area contributed by atoms with Crippen LogP contribution in [0.25, 0.3) is 0 Å². The molecule has 0 saturated carbocycles. The maximum Gasteiger partial charge on any atom is 0.344 e. The molecule has 1 rings (SSSR count). The normalized spacial score (nSPS) is 12.5. The van der Waals surface area contributed by atoms with Crippen LogP contribution in [0, 0.1) is 5.92 Å². The van der Waals surface area contributed by atoms with Gasteiger partial charge in [0.1, 0.15) is 5.75 Å². The standard InChI is InChI=1S/C14H20BrNO3/c1-9(2)7-16-8-11-5-4-6-12(15)13(11)19-10(3)14(17)18/h4-6,9-10,16H,7-8H2,1-3H3,(H,17,18). The number of benzene rings is 1. The predicted molar refractivity (Wildman–Crippen MR) is 78.4 cm³/mol. The van der Waals surface area contributed by atoms with Gasteiger partial charge in [-0.2, -0.15) is 0 Å². The van der Waals surface area contributed by atoms with Crippen LogP contribution in [0.5, 0.6) is 5.75 Å². The molecule has 1 aromatic carbocycles. The van der Waals surface area contributed by atoms with E-state index in [0.29, 0.717) is 18.2 Å². The van der Waals surface area contributed by atoms with Crippen molar-refractivity contribution in [1.29, 1.82) is 0 Å². The Labute approximate surface area is 122 Å². The summed E-state index contributed by atoms with van der Waals surface area (Å²) in [6, 6.07) is 5.69. The second kappa shape index (κ2) is 7.50. The van der Waals surface area contributed by atoms with Gasteiger partial charge in [0.15, 0.2) is 6.10 Å². The number of para-hydroxylation sites is 1. The van der Waals surface area contributed by atoms with Gasteiger partial charge in [0.2, 0.25) is 0 Å². The number of ether oxygens (including phenoxy) is 1. The Bertz CT molecular complexity index is 435. The fourth-order valence-corrected chi connectivity index (χ4v) is 2.05. The largest absolute Gasteiger partial charge is 0.479 e. The Kier molecular flexibility index (Phi) is 6.31. The second-order valence-corrected chi connectivity index (χ2v) is 5.71. The SMILES string of the molecule is CC(C)CNCc1cccc(Br)c1OC(C)C(=O)O. The van der Waals surface area contributed by atoms with Crippen molar-refractivity contribution in [3.63, 3.8) is 0 Å². The molecular weight excluding hydrogens is 310 g/mol. The lowest BCUT2D eigenvalue weighted by Crippen LogP contribution is -2.25. The molecule has 0 heterocycles. The summed E-state index contributed by atoms with van der Waals surface area (Å²) in [7, 11) is 0. The van der Waals surface area contributed by atoms with Crippen LogP contribution in [0.15, 0.2) is 22.7 Å². The topological polar surface area (TPSA) is 58.6 Å². The van der Waals surface area contributed by atoms with Gasteiger partial charge in [0, 0.05) is 12.1 Å². The van der Waals surface area contributed by atoms with Crippen LogP contribution >= 0.6 is 15.9 Å². The summed E-state index contributed by atoms with van der Waals surface area (Å²) in [6.45, 7) is 7.35. The van der Waals surface area contributed by atoms with Crippen LogP contribution in [0.1, 0.15) is 26.3 Å². The van der Waals surface area contributed by atoms with Crippen LogP contribution in [0.4, 0.5) is 0 Å². The zero-order chi connectivity index (χ0) is 14.4. The molecule has 0 radical (unpaired) electrons. The minimum Gasteiger partial charge on any atom is -0.479 e. The zero-order valence-electron chi connectivity index (χ0n) is 11.4. The summed E-state index contributed by atoms with van der Waals surface area (Å²) in [6.07, 6.45) is -0.873. The van der Waals surface area contributed by atoms with Crippen molar-refractivity contribution >= 4 is 21.9 Å². The number of halogens is 1. The van der Waals surface area contributed by atoms with E-state index < -0.39 is 12.1 Å². The molecule has 19 heavy (non-hydrogen) atoms. The third-order valence-corrected chi connectivity index (χ3v) is 3.18. The number of carboxylic acids is 1. The van der Waals surface area contributed by atoms with E-state index in [2.05, 4.69) is 35.1 Å². The first kappa shape index (κ1) is 16.0. The lowest BCUT2D eigenvalue weighted by Gasteiger charge is -2.17. The van der Waals surface area contributed by atoms with Gasteiger partial charge < -0.3 is 15.2 Å². The molecule has 2 N–H and O–H groups in total. The molecule has 0 spiro atoms. The predicted octanol–water partition coefficient (Wildman–Crippen LogP) is 3.05. The van der Waals surface area contributed by atoms with Gasteiger partial charge in [-0.25, -0.2) is 4.79 Å². The first-order valence-corrected chi connectivity index (χ1v) is 7.08. The molecule has 0 amide bonds. The van der Waals surface area contributed by atoms with Crippen LogP contribution in [-0.4, -0.2) is 23.7 Å². The Morgan fingerprint density at radius 1 is 1.42 bits per heavy atom. The van der Waals surface area contributed by atoms with Gasteiger partial charge in [0.05, 0.1) is 4.47 Å². The first-order chi connectivity index (χ1) is 8.91. The maximum absolute atomic E-state index is 10.9. The van der Waals surface area contributed by atoms with E-state index in [0.717, 1.165) is 16.6 Å². The summed E-state index contributed by atoms with van der Waals surface area (Å²) in [5.74, 6) is 0.181. The van der Waals surface area contributed by atoms with Crippen molar-refractivity contribution in [3.8, 4) is 5.75 Å². The number of nitrogens with one attached hydrogen (secondary N) is 1. The van der Waals surface area contributed by atoms with E-state index in [4.69, 9.17) is 9.84 Å². The van der Waals surface area contributed by atoms with Crippen molar-refractivity contribution < 1.29 is 14.6 Å². The maximum atomic E-state index is 10.9. The minimum absolute atomic E-state index is 0.564. The monoisotopic (exact) mass is 329 g/mol. The molecular formula is C14H20BrNO3. The Morgan fingerprint density at radius 3 is 2.68 bits per heavy atom. The molecule has 4 nitrogen and oxygen atoms in total. The summed E-state index contributed by atoms with van der Waals surface area (Å²) >= 11 is 3.40. The number of aliphatic carboxylic acids is 1. The van der Waals surface area contributed by atoms with Crippen LogP contribution < -0.4 is 10.1 Å². The van der Waals surface area contributed by atoms with Crippen molar-refractivity contribution in [2.45, 2.75) is 33.4 Å². The fourth-order valence-electron chi connectivity index (χ4n) is 1.55. The number of hydrogen-bond donors (Lipinski definition) is 2. The molecule has 0 aromatic heterocycles. The third-order valence-electron chi connectivity index (χ3n) is 2.56. The van der Waals surface area contributed by atoms with Gasteiger partial charge >= 0.3 is 5.97 Å². The highest BCUT2D eigenvalue weighted by atomic mass is 79.9. The summed E-state index contributed by atoms with van der Waals surface area (Å²) in [4.78, 5) is 10.9. The Morgan fingerprint density at radius 2 is 2.11 bits per heavy atom. The van der Waals surface area contributed by atoms with Crippen LogP contribution in [-0.2, 0) is 11.3 Å². The first-order valence-electron chi connectivity index (χ1n) is 6.29. The highest BCUT2D eigenvalue weighted by Crippen LogP contribution is 2.30. The van der Waals surface area contributed by atoms with Gasteiger partial charge in [0.25, 0.3) is 0 Å². The molecule has 106 valence electrons. The van der Waals surface area contributed by atoms with Crippen molar-refractivity contribution in [3.05, 3.63) is 28.2 Å². The fraction of sp³-hybridized carbons (Fsp3) is 0.500. The highest BCUT2D eigenvalue weighted by Gasteiger charge is 2.16. The summed E-state index contributed by atoms with van der Waals surface area (Å²) < 4.78 is 6.28. The molecule has 5 heteroatoms. The molecule has 1 atom stereocenters. The average molecular weight is 330 g/mol. The van der Waals surface area contributed by atoms with E-state index in [1.807, 2.05) is 18.2 Å². The zero-order valence-corrected chi connectivity index (χ0v) is 13.0. The third kappa shape index (κ3) is 5.20. The molecule has 1 unspecified atom stereocenters. The number of hydrogen-bond acceptors (Lipinski definition) is 3. The van der Waals surface area contributed by atoms with Crippen molar-refractivity contribution in [1.82, 2.24) is 5.32 Å². The lowest BCUT2D eigenvalue weighted by atomic mass is 10.1. The van der Waals surface area contributed by atoms with Gasteiger partial charge in [-0.1, -0.05) is 26.0 Å². The molecule has 0 aliphatic carbocycles. The number of carbonyl (C=O) groups is 1. The molecule has 0 aliphatic heterocycles. The van der Waals surface area contributed by atoms with Crippen LogP contribution in [0.3, 0.4) is 0 Å². The van der Waals surface area contributed by atoms with Gasteiger partial charge in [-0.05, 0) is 41.4 Å². The van der Waals surface area contributed by atoms with Crippen LogP contribution in [0.2, 0.25) is 0 Å². The minimum atomic E-state index is -0.975. The van der Waals surface area contributed by atoms with Crippen molar-refractivity contribution in [2.75, 3.05) is 6.54 Å². The smallest absolute Gasteiger partial charge is 0.344 e. The number of carboxylic acid groups (broad SMARTS) is 1. The summed E-state index contributed by atoms with van der Waals surface area (Å²) in [5.41, 5.74) is 0.947. The molecule has 1 aromatic rings. The average Bonchev–Trinajstić information content (AvgIpc) is 2.32. The quantitative estimate of drug-likeness (QED) is 0.807. The Balaban J connectivity index is 2.80. The van der Waals surface area contributed by atoms with Crippen molar-refractivity contribution in [2.24, 2.45) is 5.92 Å². The summed E-state index contributed by atoms with van der Waals surface area (Å²) in [5, 5.41) is 12.2. The highest BCUT2D eigenvalue weighted by molar-refractivity contribution is 9.10. The Hall–Kier alpha value is -1.07. The number of rotatable bonds is 7. The molecule has 0 saturated heterocycles. The lowest BCUT2D eigenvalue weighted by molar-refractivity contribution is -0.144. The van der Waals surface area contributed by atoms with Gasteiger partial charge in [-0.15, -0.1) is 0 Å². The van der Waals surface area contributed by atoms with E-state index in [-0.39, 0.29) is 0 Å². The second-order valence-electron chi connectivity index (χ2n) is 4.85. The van der Waals surface area contributed by atoms with E-state index in [9.17, 15) is 4.79 Å². The van der Waals surface area contributed by atoms with E-state index >= 15 is 0 Å². The van der Waals surface area contributed by atoms with E-state index in [1.165, 1.54) is 6.92 Å². The van der Waals surface area contributed by atoms with Gasteiger partial charge in [-0.3, -0.25) is 0 Å². The molecule has 0 fully saturated rings. The van der Waals surface area contributed by atoms with E-state index in [1.54, 1.807) is 0 Å². The molecule has 0 aliphatic rings. The molecule has 0 bridgehead atoms.